The van der Waals surface area contributed by atoms with Gasteiger partial charge >= 0.3 is 0 Å². The van der Waals surface area contributed by atoms with Crippen LogP contribution in [0.4, 0.5) is 4.39 Å². The van der Waals surface area contributed by atoms with E-state index in [4.69, 9.17) is 21.5 Å². The van der Waals surface area contributed by atoms with Crippen molar-refractivity contribution in [1.82, 2.24) is 20.4 Å². The maximum Gasteiger partial charge on any atom is 0.258 e. The van der Waals surface area contributed by atoms with Crippen molar-refractivity contribution in [2.75, 3.05) is 13.7 Å². The van der Waals surface area contributed by atoms with Gasteiger partial charge in [0.15, 0.2) is 5.11 Å². The molecule has 1 aliphatic heterocycles. The van der Waals surface area contributed by atoms with Crippen LogP contribution in [-0.4, -0.2) is 33.8 Å². The Morgan fingerprint density at radius 3 is 2.62 bits per heavy atom. The summed E-state index contributed by atoms with van der Waals surface area (Å²) >= 11 is 5.65. The van der Waals surface area contributed by atoms with Crippen LogP contribution in [0.1, 0.15) is 38.3 Å². The fourth-order valence-electron chi connectivity index (χ4n) is 3.77. The first-order chi connectivity index (χ1) is 15.4. The number of hydrogen-bond acceptors (Lipinski definition) is 5. The van der Waals surface area contributed by atoms with Gasteiger partial charge in [0.05, 0.1) is 18.7 Å². The second-order valence-corrected chi connectivity index (χ2v) is 8.48. The van der Waals surface area contributed by atoms with Crippen LogP contribution in [0.25, 0.3) is 17.0 Å². The van der Waals surface area contributed by atoms with Gasteiger partial charge in [-0.2, -0.15) is 4.98 Å². The number of allylic oxidation sites excluding steroid dienone is 1. The van der Waals surface area contributed by atoms with Crippen LogP contribution >= 0.6 is 12.2 Å². The number of nitrogens with one attached hydrogen (secondary N) is 1. The molecular weight excluding hydrogens is 427 g/mol. The highest BCUT2D eigenvalue weighted by molar-refractivity contribution is 7.80. The first-order valence-electron chi connectivity index (χ1n) is 10.4. The number of methoxy groups -OCH3 is 1. The molecule has 2 aromatic carbocycles. The Bertz CT molecular complexity index is 1160. The van der Waals surface area contributed by atoms with E-state index in [2.05, 4.69) is 29.3 Å². The molecule has 6 nitrogen and oxygen atoms in total. The lowest BCUT2D eigenvalue weighted by molar-refractivity contribution is 0.385. The molecule has 32 heavy (non-hydrogen) atoms. The summed E-state index contributed by atoms with van der Waals surface area (Å²) in [6, 6.07) is 13.5. The highest BCUT2D eigenvalue weighted by Gasteiger charge is 2.34. The van der Waals surface area contributed by atoms with Gasteiger partial charge in [0, 0.05) is 17.8 Å². The summed E-state index contributed by atoms with van der Waals surface area (Å²) in [4.78, 5) is 6.70. The third kappa shape index (κ3) is 4.36. The van der Waals surface area contributed by atoms with Gasteiger partial charge in [0.25, 0.3) is 5.89 Å². The summed E-state index contributed by atoms with van der Waals surface area (Å²) in [5.41, 5.74) is 3.22. The standard InChI is InChI=1S/C24H25FN4O2S/c1-14(2)13-29-15(3)20(21(26-24(29)32)17-6-5-7-18(25)12-17)23-27-22(28-31-23)16-8-10-19(30-4)11-9-16/h5-12,14,21H,13H2,1-4H3,(H,26,32). The summed E-state index contributed by atoms with van der Waals surface area (Å²) in [6.07, 6.45) is 0. The van der Waals surface area contributed by atoms with Gasteiger partial charge in [-0.05, 0) is 67.0 Å². The Kier molecular flexibility index (Phi) is 6.23. The minimum atomic E-state index is -0.411. The number of thiocarbonyl (C=S) groups is 1. The monoisotopic (exact) mass is 452 g/mol. The van der Waals surface area contributed by atoms with Crippen molar-refractivity contribution in [2.24, 2.45) is 5.92 Å². The Balaban J connectivity index is 1.79. The van der Waals surface area contributed by atoms with Crippen LogP contribution in [-0.2, 0) is 0 Å². The number of aromatic nitrogens is 2. The highest BCUT2D eigenvalue weighted by atomic mass is 32.1. The summed E-state index contributed by atoms with van der Waals surface area (Å²) in [5.74, 6) is 1.64. The quantitative estimate of drug-likeness (QED) is 0.516. The number of nitrogens with zero attached hydrogens (tertiary/aromatic N) is 3. The van der Waals surface area contributed by atoms with Crippen molar-refractivity contribution in [3.05, 3.63) is 71.5 Å². The van der Waals surface area contributed by atoms with E-state index in [0.29, 0.717) is 22.7 Å². The minimum Gasteiger partial charge on any atom is -0.497 e. The molecule has 0 saturated heterocycles. The molecule has 0 spiro atoms. The van der Waals surface area contributed by atoms with E-state index in [0.717, 1.165) is 34.7 Å². The maximum absolute atomic E-state index is 14.0. The molecule has 166 valence electrons. The van der Waals surface area contributed by atoms with E-state index in [1.54, 1.807) is 13.2 Å². The van der Waals surface area contributed by atoms with Crippen molar-refractivity contribution in [3.8, 4) is 17.1 Å². The zero-order valence-electron chi connectivity index (χ0n) is 18.4. The molecule has 0 saturated carbocycles. The topological polar surface area (TPSA) is 63.4 Å². The number of benzene rings is 2. The fourth-order valence-corrected chi connectivity index (χ4v) is 4.10. The molecule has 0 radical (unpaired) electrons. The summed E-state index contributed by atoms with van der Waals surface area (Å²) in [6.45, 7) is 6.97. The molecule has 0 fully saturated rings. The van der Waals surface area contributed by atoms with Gasteiger partial charge in [-0.15, -0.1) is 0 Å². The van der Waals surface area contributed by atoms with E-state index < -0.39 is 6.04 Å². The molecule has 4 rings (SSSR count). The molecule has 8 heteroatoms. The van der Waals surface area contributed by atoms with Crippen molar-refractivity contribution in [2.45, 2.75) is 26.8 Å². The van der Waals surface area contributed by atoms with Crippen LogP contribution in [0.2, 0.25) is 0 Å². The normalized spacial score (nSPS) is 16.5. The molecule has 1 N–H and O–H groups in total. The van der Waals surface area contributed by atoms with E-state index >= 15 is 0 Å². The van der Waals surface area contributed by atoms with Crippen LogP contribution in [0.15, 0.2) is 58.8 Å². The van der Waals surface area contributed by atoms with Gasteiger partial charge in [-0.3, -0.25) is 0 Å². The molecular formula is C24H25FN4O2S. The largest absolute Gasteiger partial charge is 0.497 e. The van der Waals surface area contributed by atoms with Crippen molar-refractivity contribution >= 4 is 22.9 Å². The number of rotatable bonds is 6. The second kappa shape index (κ2) is 9.08. The Morgan fingerprint density at radius 2 is 1.97 bits per heavy atom. The summed E-state index contributed by atoms with van der Waals surface area (Å²) in [5, 5.41) is 8.12. The summed E-state index contributed by atoms with van der Waals surface area (Å²) in [7, 11) is 1.62. The van der Waals surface area contributed by atoms with Crippen molar-refractivity contribution < 1.29 is 13.7 Å². The molecule has 1 aliphatic rings. The Labute approximate surface area is 192 Å². The van der Waals surface area contributed by atoms with E-state index in [1.165, 1.54) is 12.1 Å². The zero-order chi connectivity index (χ0) is 22.8. The van der Waals surface area contributed by atoms with Gasteiger partial charge < -0.3 is 19.5 Å². The first kappa shape index (κ1) is 22.0. The predicted octanol–water partition coefficient (Wildman–Crippen LogP) is 5.20. The lowest BCUT2D eigenvalue weighted by Crippen LogP contribution is -2.47. The van der Waals surface area contributed by atoms with Gasteiger partial charge in [0.1, 0.15) is 11.6 Å². The highest BCUT2D eigenvalue weighted by Crippen LogP contribution is 2.37. The fraction of sp³-hybridized carbons (Fsp3) is 0.292. The molecule has 0 amide bonds. The zero-order valence-corrected chi connectivity index (χ0v) is 19.2. The third-order valence-electron chi connectivity index (χ3n) is 5.33. The molecule has 2 heterocycles. The van der Waals surface area contributed by atoms with Crippen LogP contribution in [0.3, 0.4) is 0 Å². The first-order valence-corrected chi connectivity index (χ1v) is 10.8. The van der Waals surface area contributed by atoms with Gasteiger partial charge in [-0.25, -0.2) is 4.39 Å². The number of halogens is 1. The van der Waals surface area contributed by atoms with Gasteiger partial charge in [0.2, 0.25) is 5.82 Å². The lowest BCUT2D eigenvalue weighted by atomic mass is 9.94. The molecule has 1 atom stereocenters. The van der Waals surface area contributed by atoms with E-state index in [-0.39, 0.29) is 5.82 Å². The predicted molar refractivity (Wildman–Crippen MR) is 125 cm³/mol. The third-order valence-corrected chi connectivity index (χ3v) is 5.67. The van der Waals surface area contributed by atoms with Gasteiger partial charge in [-0.1, -0.05) is 31.1 Å². The number of ether oxygens (including phenoxy) is 1. The molecule has 3 aromatic rings. The molecule has 1 unspecified atom stereocenters. The second-order valence-electron chi connectivity index (χ2n) is 8.09. The summed E-state index contributed by atoms with van der Waals surface area (Å²) < 4.78 is 25.0. The SMILES string of the molecule is COc1ccc(-c2noc(C3=C(C)N(CC(C)C)C(=S)NC3c3cccc(F)c3)n2)cc1. The van der Waals surface area contributed by atoms with Crippen molar-refractivity contribution in [1.29, 1.82) is 0 Å². The van der Waals surface area contributed by atoms with E-state index in [1.807, 2.05) is 42.2 Å². The number of hydrogen-bond donors (Lipinski definition) is 1. The van der Waals surface area contributed by atoms with Crippen LogP contribution in [0.5, 0.6) is 5.75 Å². The smallest absolute Gasteiger partial charge is 0.258 e. The van der Waals surface area contributed by atoms with Crippen LogP contribution < -0.4 is 10.1 Å². The Hall–Kier alpha value is -3.26. The molecule has 0 aliphatic carbocycles. The molecule has 1 aromatic heterocycles. The average Bonchev–Trinajstić information content (AvgIpc) is 3.26. The minimum absolute atomic E-state index is 0.318. The van der Waals surface area contributed by atoms with Crippen LogP contribution in [0, 0.1) is 11.7 Å². The molecule has 0 bridgehead atoms. The lowest BCUT2D eigenvalue weighted by Gasteiger charge is -2.38. The van der Waals surface area contributed by atoms with Crippen molar-refractivity contribution in [3.63, 3.8) is 0 Å². The maximum atomic E-state index is 14.0. The average molecular weight is 453 g/mol. The van der Waals surface area contributed by atoms with E-state index in [9.17, 15) is 4.39 Å². The Morgan fingerprint density at radius 1 is 1.22 bits per heavy atom.